The lowest BCUT2D eigenvalue weighted by Crippen LogP contribution is -2.53. The number of carbonyl (C=O) groups is 2. The summed E-state index contributed by atoms with van der Waals surface area (Å²) in [7, 11) is 0. The van der Waals surface area contributed by atoms with Gasteiger partial charge >= 0.3 is 0 Å². The second-order valence-electron chi connectivity index (χ2n) is 9.99. The molecule has 198 valence electrons. The molecule has 2 aromatic rings. The van der Waals surface area contributed by atoms with Gasteiger partial charge in [0.1, 0.15) is 23.4 Å². The molecule has 0 amide bonds. The van der Waals surface area contributed by atoms with Crippen LogP contribution >= 0.6 is 0 Å². The number of aliphatic hydroxyl groups is 3. The van der Waals surface area contributed by atoms with Gasteiger partial charge in [-0.1, -0.05) is 19.1 Å². The maximum atomic E-state index is 13.4. The average Bonchev–Trinajstić information content (AvgIpc) is 2.84. The van der Waals surface area contributed by atoms with Crippen molar-refractivity contribution in [1.29, 1.82) is 0 Å². The minimum absolute atomic E-state index is 0.0431. The van der Waals surface area contributed by atoms with Crippen molar-refractivity contribution >= 4 is 11.6 Å². The van der Waals surface area contributed by atoms with Crippen molar-refractivity contribution in [1.82, 2.24) is 0 Å². The molecule has 0 saturated carbocycles. The number of fused-ring (bicyclic) bond motifs is 3. The molecule has 0 radical (unpaired) electrons. The Bertz CT molecular complexity index is 1300. The highest BCUT2D eigenvalue weighted by molar-refractivity contribution is 6.31. The Morgan fingerprint density at radius 2 is 1.70 bits per heavy atom. The molecule has 3 aliphatic rings. The Morgan fingerprint density at radius 1 is 1.05 bits per heavy atom. The summed E-state index contributed by atoms with van der Waals surface area (Å²) < 4.78 is 11.8. The first-order chi connectivity index (χ1) is 17.4. The number of ketones is 2. The molecule has 1 heterocycles. The zero-order valence-corrected chi connectivity index (χ0v) is 20.2. The largest absolute Gasteiger partial charge is 0.507 e. The standard InChI is InChI=1S/C26H29NO10/c1-3-26(35)8-13(29)16-19(25(26)37-14-7-11(27)20(30)9(2)36-14)24(34)17-18(23(16)33)22(32)15-10(21(17)31)5-4-6-12(15)28/h4-6,9,11,13-14,20,25,28-30,33-35H,3,7-8,27H2,1-2H3. The van der Waals surface area contributed by atoms with E-state index in [4.69, 9.17) is 15.2 Å². The first kappa shape index (κ1) is 25.6. The summed E-state index contributed by atoms with van der Waals surface area (Å²) in [5, 5.41) is 65.5. The Labute approximate surface area is 211 Å². The third-order valence-electron chi connectivity index (χ3n) is 7.77. The molecule has 8 N–H and O–H groups in total. The molecule has 0 bridgehead atoms. The van der Waals surface area contributed by atoms with Crippen LogP contribution in [0.3, 0.4) is 0 Å². The van der Waals surface area contributed by atoms with Crippen molar-refractivity contribution in [2.75, 3.05) is 0 Å². The van der Waals surface area contributed by atoms with E-state index in [0.717, 1.165) is 0 Å². The van der Waals surface area contributed by atoms with Crippen LogP contribution in [0.25, 0.3) is 0 Å². The molecule has 2 aromatic carbocycles. The van der Waals surface area contributed by atoms with Crippen LogP contribution in [0, 0.1) is 0 Å². The number of benzene rings is 2. The topological polar surface area (TPSA) is 200 Å². The van der Waals surface area contributed by atoms with E-state index in [-0.39, 0.29) is 41.5 Å². The summed E-state index contributed by atoms with van der Waals surface area (Å²) in [6.45, 7) is 3.23. The van der Waals surface area contributed by atoms with Crippen molar-refractivity contribution in [2.24, 2.45) is 5.73 Å². The van der Waals surface area contributed by atoms with Gasteiger partial charge in [0.25, 0.3) is 0 Å². The molecule has 7 atom stereocenters. The van der Waals surface area contributed by atoms with Crippen LogP contribution < -0.4 is 5.73 Å². The predicted molar refractivity (Wildman–Crippen MR) is 126 cm³/mol. The van der Waals surface area contributed by atoms with Gasteiger partial charge in [-0.3, -0.25) is 9.59 Å². The third-order valence-corrected chi connectivity index (χ3v) is 7.77. The minimum atomic E-state index is -1.77. The Balaban J connectivity index is 1.70. The average molecular weight is 516 g/mol. The number of aliphatic hydroxyl groups excluding tert-OH is 2. The second kappa shape index (κ2) is 8.76. The van der Waals surface area contributed by atoms with Gasteiger partial charge in [-0.05, 0) is 19.4 Å². The molecule has 11 nitrogen and oxygen atoms in total. The van der Waals surface area contributed by atoms with Gasteiger partial charge in [-0.25, -0.2) is 0 Å². The SMILES string of the molecule is CCC1(O)CC(O)c2c(O)c3c(c(O)c2C1OC1CC(N)C(O)C(C)O1)C(=O)c1cccc(O)c1C3=O. The van der Waals surface area contributed by atoms with E-state index in [0.29, 0.717) is 0 Å². The van der Waals surface area contributed by atoms with E-state index in [1.165, 1.54) is 18.2 Å². The van der Waals surface area contributed by atoms with Gasteiger partial charge in [0, 0.05) is 35.6 Å². The van der Waals surface area contributed by atoms with Crippen molar-refractivity contribution in [2.45, 2.75) is 75.5 Å². The smallest absolute Gasteiger partial charge is 0.202 e. The molecule has 1 aliphatic heterocycles. The van der Waals surface area contributed by atoms with E-state index < -0.39 is 82.3 Å². The summed E-state index contributed by atoms with van der Waals surface area (Å²) in [6.07, 6.45) is -5.85. The lowest BCUT2D eigenvalue weighted by molar-refractivity contribution is -0.272. The van der Waals surface area contributed by atoms with Crippen LogP contribution in [0.4, 0.5) is 0 Å². The van der Waals surface area contributed by atoms with Crippen molar-refractivity contribution in [3.63, 3.8) is 0 Å². The summed E-state index contributed by atoms with van der Waals surface area (Å²) in [5.74, 6) is -3.69. The first-order valence-corrected chi connectivity index (χ1v) is 12.1. The van der Waals surface area contributed by atoms with E-state index in [1.54, 1.807) is 13.8 Å². The number of nitrogens with two attached hydrogens (primary N) is 1. The van der Waals surface area contributed by atoms with Gasteiger partial charge in [-0.2, -0.15) is 0 Å². The summed E-state index contributed by atoms with van der Waals surface area (Å²) >= 11 is 0. The normalized spacial score (nSPS) is 33.0. The van der Waals surface area contributed by atoms with Gasteiger partial charge < -0.3 is 45.8 Å². The second-order valence-corrected chi connectivity index (χ2v) is 9.99. The van der Waals surface area contributed by atoms with Gasteiger partial charge in [0.15, 0.2) is 12.1 Å². The number of phenolic OH excluding ortho intramolecular Hbond substituents is 3. The Morgan fingerprint density at radius 3 is 2.35 bits per heavy atom. The molecule has 37 heavy (non-hydrogen) atoms. The maximum absolute atomic E-state index is 13.4. The highest BCUT2D eigenvalue weighted by Crippen LogP contribution is 2.56. The van der Waals surface area contributed by atoms with E-state index >= 15 is 0 Å². The fraction of sp³-hybridized carbons (Fsp3) is 0.462. The van der Waals surface area contributed by atoms with Crippen molar-refractivity contribution < 1.29 is 49.7 Å². The fourth-order valence-corrected chi connectivity index (χ4v) is 5.70. The van der Waals surface area contributed by atoms with E-state index in [2.05, 4.69) is 0 Å². The Kier molecular flexibility index (Phi) is 6.06. The lowest BCUT2D eigenvalue weighted by Gasteiger charge is -2.46. The highest BCUT2D eigenvalue weighted by Gasteiger charge is 2.52. The summed E-state index contributed by atoms with van der Waals surface area (Å²) in [4.78, 5) is 26.7. The number of aromatic hydroxyl groups is 3. The maximum Gasteiger partial charge on any atom is 0.202 e. The number of hydrogen-bond donors (Lipinski definition) is 7. The number of carbonyl (C=O) groups excluding carboxylic acids is 2. The Hall–Kier alpha value is -3.06. The molecule has 0 aromatic heterocycles. The fourth-order valence-electron chi connectivity index (χ4n) is 5.70. The zero-order chi connectivity index (χ0) is 27.0. The number of phenols is 3. The van der Waals surface area contributed by atoms with Crippen LogP contribution in [0.5, 0.6) is 17.2 Å². The molecule has 1 saturated heterocycles. The van der Waals surface area contributed by atoms with E-state index in [9.17, 15) is 40.2 Å². The molecular formula is C26H29NO10. The first-order valence-electron chi connectivity index (χ1n) is 12.1. The quantitative estimate of drug-likeness (QED) is 0.246. The third kappa shape index (κ3) is 3.65. The molecule has 11 heteroatoms. The van der Waals surface area contributed by atoms with Gasteiger partial charge in [0.05, 0.1) is 40.6 Å². The minimum Gasteiger partial charge on any atom is -0.507 e. The molecule has 7 unspecified atom stereocenters. The number of rotatable bonds is 3. The highest BCUT2D eigenvalue weighted by atomic mass is 16.7. The van der Waals surface area contributed by atoms with E-state index in [1.807, 2.05) is 0 Å². The number of ether oxygens (including phenoxy) is 2. The zero-order valence-electron chi connectivity index (χ0n) is 20.2. The van der Waals surface area contributed by atoms with Crippen LogP contribution in [0.2, 0.25) is 0 Å². The molecule has 0 spiro atoms. The summed E-state index contributed by atoms with van der Waals surface area (Å²) in [6, 6.07) is 3.19. The van der Waals surface area contributed by atoms with Crippen LogP contribution in [-0.4, -0.2) is 72.3 Å². The van der Waals surface area contributed by atoms with Crippen LogP contribution in [0.15, 0.2) is 18.2 Å². The monoisotopic (exact) mass is 515 g/mol. The van der Waals surface area contributed by atoms with Crippen LogP contribution in [0.1, 0.15) is 88.3 Å². The van der Waals surface area contributed by atoms with Crippen LogP contribution in [-0.2, 0) is 9.47 Å². The lowest BCUT2D eigenvalue weighted by atomic mass is 9.70. The molecule has 5 rings (SSSR count). The molecule has 1 fully saturated rings. The molecular weight excluding hydrogens is 486 g/mol. The van der Waals surface area contributed by atoms with Gasteiger partial charge in [-0.15, -0.1) is 0 Å². The van der Waals surface area contributed by atoms with Crippen molar-refractivity contribution in [3.05, 3.63) is 51.6 Å². The van der Waals surface area contributed by atoms with Crippen molar-refractivity contribution in [3.8, 4) is 17.2 Å². The van der Waals surface area contributed by atoms with Gasteiger partial charge in [0.2, 0.25) is 5.78 Å². The molecule has 2 aliphatic carbocycles. The summed E-state index contributed by atoms with van der Waals surface area (Å²) in [5.41, 5.74) is 2.15. The number of hydrogen-bond acceptors (Lipinski definition) is 11. The predicted octanol–water partition coefficient (Wildman–Crippen LogP) is 1.04.